The first-order valence-corrected chi connectivity index (χ1v) is 15.0. The average molecular weight is 594 g/mol. The van der Waals surface area contributed by atoms with Gasteiger partial charge in [-0.3, -0.25) is 4.90 Å². The van der Waals surface area contributed by atoms with Crippen LogP contribution in [0.15, 0.2) is 48.5 Å². The number of nitrogens with zero attached hydrogens (tertiary/aromatic N) is 3. The molecule has 0 amide bonds. The van der Waals surface area contributed by atoms with Crippen LogP contribution in [0.3, 0.4) is 0 Å². The second-order valence-corrected chi connectivity index (χ2v) is 12.6. The van der Waals surface area contributed by atoms with E-state index in [-0.39, 0.29) is 11.9 Å². The summed E-state index contributed by atoms with van der Waals surface area (Å²) in [6, 6.07) is 12.6. The van der Waals surface area contributed by atoms with Crippen molar-refractivity contribution in [3.8, 4) is 5.75 Å². The third-order valence-corrected chi connectivity index (χ3v) is 9.65. The van der Waals surface area contributed by atoms with Gasteiger partial charge >= 0.3 is 5.97 Å². The lowest BCUT2D eigenvalue weighted by Gasteiger charge is -2.29. The van der Waals surface area contributed by atoms with E-state index in [0.29, 0.717) is 35.0 Å². The lowest BCUT2D eigenvalue weighted by molar-refractivity contribution is -0.0591. The van der Waals surface area contributed by atoms with E-state index in [1.54, 1.807) is 18.2 Å². The summed E-state index contributed by atoms with van der Waals surface area (Å²) in [7, 11) is 0. The number of fused-ring (bicyclic) bond motifs is 2. The van der Waals surface area contributed by atoms with Crippen molar-refractivity contribution in [2.75, 3.05) is 19.7 Å². The lowest BCUT2D eigenvalue weighted by Crippen LogP contribution is -2.33. The van der Waals surface area contributed by atoms with E-state index < -0.39 is 11.6 Å². The van der Waals surface area contributed by atoms with E-state index in [4.69, 9.17) is 26.1 Å². The van der Waals surface area contributed by atoms with Crippen LogP contribution < -0.4 is 4.74 Å². The van der Waals surface area contributed by atoms with Crippen LogP contribution >= 0.6 is 22.9 Å². The number of ether oxygens (including phenoxy) is 2. The third-order valence-electron chi connectivity index (χ3n) is 8.40. The third kappa shape index (κ3) is 4.84. The SMILES string of the molecule is CC1(c2ccc(Cl)cc2F)Cc2c(cccc2C2=CCN(Cc3nc4sc(C(=O)O)cc4n3CC3CCO3)CC2)O1. The Balaban J connectivity index is 1.11. The number of hydrogen-bond acceptors (Lipinski definition) is 6. The molecule has 212 valence electrons. The summed E-state index contributed by atoms with van der Waals surface area (Å²) >= 11 is 7.22. The minimum absolute atomic E-state index is 0.140. The van der Waals surface area contributed by atoms with Crippen molar-refractivity contribution in [1.29, 1.82) is 0 Å². The molecular formula is C31H29ClFN3O4S. The van der Waals surface area contributed by atoms with Crippen LogP contribution in [0.25, 0.3) is 15.9 Å². The quantitative estimate of drug-likeness (QED) is 0.263. The van der Waals surface area contributed by atoms with Gasteiger partial charge in [0.05, 0.1) is 24.7 Å². The molecule has 1 N–H and O–H groups in total. The number of aromatic nitrogens is 2. The number of carbonyl (C=O) groups is 1. The molecule has 0 spiro atoms. The Hall–Kier alpha value is -3.24. The van der Waals surface area contributed by atoms with Crippen molar-refractivity contribution in [3.05, 3.63) is 86.8 Å². The summed E-state index contributed by atoms with van der Waals surface area (Å²) in [5.41, 5.74) is 4.10. The first-order valence-electron chi connectivity index (χ1n) is 13.8. The zero-order valence-corrected chi connectivity index (χ0v) is 24.1. The van der Waals surface area contributed by atoms with Crippen LogP contribution in [0, 0.1) is 5.82 Å². The molecular weight excluding hydrogens is 565 g/mol. The van der Waals surface area contributed by atoms with Gasteiger partial charge in [-0.1, -0.05) is 35.9 Å². The van der Waals surface area contributed by atoms with E-state index in [9.17, 15) is 14.3 Å². The van der Waals surface area contributed by atoms with Crippen molar-refractivity contribution < 1.29 is 23.8 Å². The highest BCUT2D eigenvalue weighted by Gasteiger charge is 2.40. The Morgan fingerprint density at radius 2 is 2.15 bits per heavy atom. The molecule has 2 aromatic heterocycles. The van der Waals surface area contributed by atoms with Crippen molar-refractivity contribution in [2.24, 2.45) is 0 Å². The van der Waals surface area contributed by atoms with Crippen LogP contribution in [-0.2, 0) is 29.8 Å². The summed E-state index contributed by atoms with van der Waals surface area (Å²) in [6.07, 6.45) is 4.85. The highest BCUT2D eigenvalue weighted by atomic mass is 35.5. The Bertz CT molecular complexity index is 1710. The minimum atomic E-state index is -0.925. The molecule has 0 aliphatic carbocycles. The molecule has 0 bridgehead atoms. The van der Waals surface area contributed by atoms with Crippen molar-refractivity contribution >= 4 is 44.8 Å². The molecule has 1 saturated heterocycles. The van der Waals surface area contributed by atoms with E-state index >= 15 is 0 Å². The van der Waals surface area contributed by atoms with Crippen LogP contribution in [0.1, 0.15) is 52.0 Å². The number of aromatic carboxylic acids is 1. The van der Waals surface area contributed by atoms with Gasteiger partial charge < -0.3 is 19.1 Å². The lowest BCUT2D eigenvalue weighted by atomic mass is 9.86. The van der Waals surface area contributed by atoms with E-state index in [0.717, 1.165) is 65.6 Å². The fraction of sp³-hybridized carbons (Fsp3) is 0.355. The van der Waals surface area contributed by atoms with Crippen molar-refractivity contribution in [2.45, 2.75) is 51.0 Å². The van der Waals surface area contributed by atoms with Gasteiger partial charge in [0.2, 0.25) is 0 Å². The second-order valence-electron chi connectivity index (χ2n) is 11.2. The van der Waals surface area contributed by atoms with Gasteiger partial charge in [-0.2, -0.15) is 0 Å². The van der Waals surface area contributed by atoms with Crippen molar-refractivity contribution in [3.63, 3.8) is 0 Å². The van der Waals surface area contributed by atoms with Crippen LogP contribution in [0.5, 0.6) is 5.75 Å². The molecule has 2 atom stereocenters. The number of halogens is 2. The standard InChI is InChI=1S/C31H29ClFN3O4S/c1-31(23-6-5-19(32)13-24(23)33)15-22-21(3-2-4-26(22)40-31)18-7-10-35(11-8-18)17-28-34-29-25(14-27(41-29)30(37)38)36(28)16-20-9-12-39-20/h2-7,13-14,20H,8-12,15-17H2,1H3,(H,37,38). The average Bonchev–Trinajstić information content (AvgIpc) is 3.57. The molecule has 2 aromatic carbocycles. The molecule has 0 saturated carbocycles. The Kier molecular flexibility index (Phi) is 6.65. The summed E-state index contributed by atoms with van der Waals surface area (Å²) in [5.74, 6) is 0.447. The fourth-order valence-corrected chi connectivity index (χ4v) is 7.20. The molecule has 4 aromatic rings. The number of imidazole rings is 1. The van der Waals surface area contributed by atoms with Gasteiger partial charge in [0, 0.05) is 42.3 Å². The van der Waals surface area contributed by atoms with Gasteiger partial charge in [0.1, 0.15) is 32.7 Å². The maximum Gasteiger partial charge on any atom is 0.346 e. The molecule has 1 fully saturated rings. The smallest absolute Gasteiger partial charge is 0.346 e. The van der Waals surface area contributed by atoms with Gasteiger partial charge in [0.15, 0.2) is 0 Å². The molecule has 5 heterocycles. The van der Waals surface area contributed by atoms with E-state index in [1.165, 1.54) is 23.0 Å². The Labute approximate surface area is 245 Å². The predicted octanol–water partition coefficient (Wildman–Crippen LogP) is 6.52. The minimum Gasteiger partial charge on any atom is -0.482 e. The topological polar surface area (TPSA) is 76.8 Å². The predicted molar refractivity (Wildman–Crippen MR) is 156 cm³/mol. The largest absolute Gasteiger partial charge is 0.482 e. The van der Waals surface area contributed by atoms with Gasteiger partial charge in [-0.25, -0.2) is 14.2 Å². The number of carboxylic acids is 1. The number of benzene rings is 2. The Morgan fingerprint density at radius 1 is 1.29 bits per heavy atom. The van der Waals surface area contributed by atoms with Crippen LogP contribution in [0.2, 0.25) is 5.02 Å². The highest BCUT2D eigenvalue weighted by Crippen LogP contribution is 2.45. The summed E-state index contributed by atoms with van der Waals surface area (Å²) < 4.78 is 29.0. The highest BCUT2D eigenvalue weighted by molar-refractivity contribution is 7.20. The Morgan fingerprint density at radius 3 is 2.85 bits per heavy atom. The zero-order chi connectivity index (χ0) is 28.3. The van der Waals surface area contributed by atoms with Crippen LogP contribution in [-0.4, -0.2) is 51.3 Å². The molecule has 7 nitrogen and oxygen atoms in total. The molecule has 3 aliphatic rings. The summed E-state index contributed by atoms with van der Waals surface area (Å²) in [5, 5.41) is 9.82. The van der Waals surface area contributed by atoms with Crippen LogP contribution in [0.4, 0.5) is 4.39 Å². The maximum absolute atomic E-state index is 14.9. The zero-order valence-electron chi connectivity index (χ0n) is 22.5. The van der Waals surface area contributed by atoms with Gasteiger partial charge in [-0.05, 0) is 55.2 Å². The number of carboxylic acid groups (broad SMARTS) is 1. The number of thiophene rings is 1. The normalized spacial score (nSPS) is 22.3. The molecule has 7 rings (SSSR count). The number of rotatable bonds is 7. The second kappa shape index (κ2) is 10.2. The maximum atomic E-state index is 14.9. The monoisotopic (exact) mass is 593 g/mol. The summed E-state index contributed by atoms with van der Waals surface area (Å²) in [4.78, 5) is 19.8. The molecule has 3 aliphatic heterocycles. The summed E-state index contributed by atoms with van der Waals surface area (Å²) in [6.45, 7) is 5.68. The van der Waals surface area contributed by atoms with E-state index in [1.807, 2.05) is 19.1 Å². The molecule has 2 unspecified atom stereocenters. The molecule has 41 heavy (non-hydrogen) atoms. The fourth-order valence-electron chi connectivity index (χ4n) is 6.15. The molecule has 0 radical (unpaired) electrons. The first kappa shape index (κ1) is 26.6. The van der Waals surface area contributed by atoms with Gasteiger partial charge in [0.25, 0.3) is 0 Å². The molecule has 10 heteroatoms. The number of hydrogen-bond donors (Lipinski definition) is 1. The van der Waals surface area contributed by atoms with Gasteiger partial charge in [-0.15, -0.1) is 11.3 Å². The van der Waals surface area contributed by atoms with E-state index in [2.05, 4.69) is 21.6 Å². The van der Waals surface area contributed by atoms with Crippen molar-refractivity contribution in [1.82, 2.24) is 14.5 Å². The first-order chi connectivity index (χ1) is 19.8.